The molecule has 1 aromatic carbocycles. The predicted octanol–water partition coefficient (Wildman–Crippen LogP) is 2.03. The molecule has 1 amide bonds. The maximum Gasteiger partial charge on any atom is 0.228 e. The summed E-state index contributed by atoms with van der Waals surface area (Å²) in [5.41, 5.74) is 1.31. The first kappa shape index (κ1) is 13.1. The minimum Gasteiger partial charge on any atom is -0.332 e. The molecule has 2 N–H and O–H groups in total. The zero-order chi connectivity index (χ0) is 12.8. The number of amides is 1. The number of hydrogen-bond donors (Lipinski definition) is 2. The van der Waals surface area contributed by atoms with Crippen molar-refractivity contribution in [3.05, 3.63) is 29.8 Å². The Morgan fingerprint density at radius 3 is 2.41 bits per heavy atom. The number of carbonyl (C=O) groups excluding carboxylic acids is 1. The monoisotopic (exact) mass is 247 g/mol. The topological polar surface area (TPSA) is 64.9 Å². The molecule has 0 saturated heterocycles. The fourth-order valence-electron chi connectivity index (χ4n) is 1.05. The molecule has 4 nitrogen and oxygen atoms in total. The highest BCUT2D eigenvalue weighted by molar-refractivity contribution is 7.80. The molecular formula is C12H13N3OS. The van der Waals surface area contributed by atoms with Crippen molar-refractivity contribution in [3.8, 4) is 6.07 Å². The van der Waals surface area contributed by atoms with Crippen LogP contribution >= 0.6 is 12.2 Å². The van der Waals surface area contributed by atoms with Gasteiger partial charge >= 0.3 is 0 Å². The third-order valence-electron chi connectivity index (χ3n) is 2.03. The summed E-state index contributed by atoms with van der Waals surface area (Å²) in [5, 5.41) is 14.3. The van der Waals surface area contributed by atoms with Gasteiger partial charge in [0.2, 0.25) is 5.91 Å². The molecule has 0 aliphatic heterocycles. The third-order valence-corrected chi connectivity index (χ3v) is 2.24. The number of nitrogens with one attached hydrogen (secondary N) is 2. The maximum atomic E-state index is 11.4. The molecule has 0 heterocycles. The molecule has 0 aliphatic carbocycles. The van der Waals surface area contributed by atoms with Crippen LogP contribution in [-0.4, -0.2) is 11.0 Å². The number of anilines is 1. The number of benzene rings is 1. The SMILES string of the molecule is CC(C)C(=O)NC(=S)Nc1ccc(C#N)cc1. The summed E-state index contributed by atoms with van der Waals surface area (Å²) in [6.07, 6.45) is 0. The number of rotatable bonds is 2. The lowest BCUT2D eigenvalue weighted by Crippen LogP contribution is -2.36. The fourth-order valence-corrected chi connectivity index (χ4v) is 1.27. The number of nitriles is 1. The van der Waals surface area contributed by atoms with E-state index < -0.39 is 0 Å². The summed E-state index contributed by atoms with van der Waals surface area (Å²) in [6.45, 7) is 3.58. The molecule has 0 saturated carbocycles. The van der Waals surface area contributed by atoms with Crippen molar-refractivity contribution in [1.29, 1.82) is 5.26 Å². The summed E-state index contributed by atoms with van der Waals surface area (Å²) < 4.78 is 0. The van der Waals surface area contributed by atoms with E-state index in [9.17, 15) is 4.79 Å². The molecule has 0 unspecified atom stereocenters. The first-order chi connectivity index (χ1) is 8.02. The van der Waals surface area contributed by atoms with E-state index in [1.54, 1.807) is 38.1 Å². The molecule has 88 valence electrons. The molecule has 0 radical (unpaired) electrons. The van der Waals surface area contributed by atoms with Crippen LogP contribution in [0.15, 0.2) is 24.3 Å². The Morgan fingerprint density at radius 1 is 1.35 bits per heavy atom. The lowest BCUT2D eigenvalue weighted by molar-refractivity contribution is -0.122. The van der Waals surface area contributed by atoms with Crippen molar-refractivity contribution >= 4 is 28.9 Å². The molecule has 1 rings (SSSR count). The molecule has 0 bridgehead atoms. The second-order valence-electron chi connectivity index (χ2n) is 3.79. The Bertz CT molecular complexity index is 460. The van der Waals surface area contributed by atoms with Crippen LogP contribution in [0.5, 0.6) is 0 Å². The van der Waals surface area contributed by atoms with Crippen molar-refractivity contribution in [2.24, 2.45) is 5.92 Å². The molecule has 0 aromatic heterocycles. The normalized spacial score (nSPS) is 9.53. The maximum absolute atomic E-state index is 11.4. The van der Waals surface area contributed by atoms with Gasteiger partial charge in [0.25, 0.3) is 0 Å². The second-order valence-corrected chi connectivity index (χ2v) is 4.20. The van der Waals surface area contributed by atoms with Gasteiger partial charge in [0.1, 0.15) is 0 Å². The highest BCUT2D eigenvalue weighted by atomic mass is 32.1. The minimum absolute atomic E-state index is 0.115. The summed E-state index contributed by atoms with van der Waals surface area (Å²) in [5.74, 6) is -0.244. The molecule has 0 aliphatic rings. The average Bonchev–Trinajstić information content (AvgIpc) is 2.29. The van der Waals surface area contributed by atoms with Gasteiger partial charge in [-0.3, -0.25) is 4.79 Å². The van der Waals surface area contributed by atoms with E-state index in [0.29, 0.717) is 5.56 Å². The van der Waals surface area contributed by atoms with Crippen LogP contribution in [0.2, 0.25) is 0 Å². The van der Waals surface area contributed by atoms with Gasteiger partial charge in [0, 0.05) is 11.6 Å². The van der Waals surface area contributed by atoms with E-state index in [-0.39, 0.29) is 16.9 Å². The average molecular weight is 247 g/mol. The van der Waals surface area contributed by atoms with Crippen molar-refractivity contribution in [2.45, 2.75) is 13.8 Å². The van der Waals surface area contributed by atoms with Crippen molar-refractivity contribution < 1.29 is 4.79 Å². The van der Waals surface area contributed by atoms with E-state index in [0.717, 1.165) is 5.69 Å². The first-order valence-electron chi connectivity index (χ1n) is 5.15. The van der Waals surface area contributed by atoms with Gasteiger partial charge in [-0.05, 0) is 36.5 Å². The highest BCUT2D eigenvalue weighted by Gasteiger charge is 2.08. The lowest BCUT2D eigenvalue weighted by atomic mass is 10.2. The van der Waals surface area contributed by atoms with Crippen molar-refractivity contribution in [2.75, 3.05) is 5.32 Å². The van der Waals surface area contributed by atoms with Gasteiger partial charge in [-0.15, -0.1) is 0 Å². The van der Waals surface area contributed by atoms with Gasteiger partial charge in [-0.25, -0.2) is 0 Å². The Kier molecular flexibility index (Phi) is 4.61. The van der Waals surface area contributed by atoms with Gasteiger partial charge < -0.3 is 10.6 Å². The quantitative estimate of drug-likeness (QED) is 0.785. The fraction of sp³-hybridized carbons (Fsp3) is 0.250. The lowest BCUT2D eigenvalue weighted by Gasteiger charge is -2.10. The third kappa shape index (κ3) is 4.21. The predicted molar refractivity (Wildman–Crippen MR) is 70.4 cm³/mol. The smallest absolute Gasteiger partial charge is 0.228 e. The van der Waals surface area contributed by atoms with E-state index in [1.807, 2.05) is 6.07 Å². The van der Waals surface area contributed by atoms with Crippen LogP contribution < -0.4 is 10.6 Å². The van der Waals surface area contributed by atoms with Crippen molar-refractivity contribution in [1.82, 2.24) is 5.32 Å². The van der Waals surface area contributed by atoms with Crippen molar-refractivity contribution in [3.63, 3.8) is 0 Å². The van der Waals surface area contributed by atoms with Crippen LogP contribution in [0, 0.1) is 17.2 Å². The Morgan fingerprint density at radius 2 is 1.94 bits per heavy atom. The zero-order valence-corrected chi connectivity index (χ0v) is 10.5. The molecule has 17 heavy (non-hydrogen) atoms. The molecule has 0 spiro atoms. The standard InChI is InChI=1S/C12H13N3OS/c1-8(2)11(16)15-12(17)14-10-5-3-9(7-13)4-6-10/h3-6,8H,1-2H3,(H2,14,15,16,17). The zero-order valence-electron chi connectivity index (χ0n) is 9.65. The first-order valence-corrected chi connectivity index (χ1v) is 5.55. The Balaban J connectivity index is 2.57. The van der Waals surface area contributed by atoms with E-state index in [1.165, 1.54) is 0 Å². The summed E-state index contributed by atoms with van der Waals surface area (Å²) >= 11 is 4.98. The molecule has 0 atom stereocenters. The minimum atomic E-state index is -0.129. The Labute approximate surface area is 106 Å². The Hall–Kier alpha value is -1.93. The largest absolute Gasteiger partial charge is 0.332 e. The molecule has 5 heteroatoms. The van der Waals surface area contributed by atoms with Crippen LogP contribution in [0.1, 0.15) is 19.4 Å². The van der Waals surface area contributed by atoms with Crippen LogP contribution in [0.4, 0.5) is 5.69 Å². The number of nitrogens with zero attached hydrogens (tertiary/aromatic N) is 1. The van der Waals surface area contributed by atoms with Gasteiger partial charge in [0.15, 0.2) is 5.11 Å². The van der Waals surface area contributed by atoms with E-state index >= 15 is 0 Å². The number of hydrogen-bond acceptors (Lipinski definition) is 3. The molecular weight excluding hydrogens is 234 g/mol. The molecule has 1 aromatic rings. The van der Waals surface area contributed by atoms with E-state index in [4.69, 9.17) is 17.5 Å². The van der Waals surface area contributed by atoms with Gasteiger partial charge in [-0.2, -0.15) is 5.26 Å². The van der Waals surface area contributed by atoms with Crippen LogP contribution in [0.25, 0.3) is 0 Å². The van der Waals surface area contributed by atoms with Crippen LogP contribution in [-0.2, 0) is 4.79 Å². The van der Waals surface area contributed by atoms with Gasteiger partial charge in [-0.1, -0.05) is 13.8 Å². The number of thiocarbonyl (C=S) groups is 1. The van der Waals surface area contributed by atoms with E-state index in [2.05, 4.69) is 10.6 Å². The van der Waals surface area contributed by atoms with Gasteiger partial charge in [0.05, 0.1) is 11.6 Å². The summed E-state index contributed by atoms with van der Waals surface area (Å²) in [6, 6.07) is 8.83. The number of carbonyl (C=O) groups is 1. The summed E-state index contributed by atoms with van der Waals surface area (Å²) in [4.78, 5) is 11.4. The highest BCUT2D eigenvalue weighted by Crippen LogP contribution is 2.08. The second kappa shape index (κ2) is 5.97. The molecule has 0 fully saturated rings. The summed E-state index contributed by atoms with van der Waals surface area (Å²) in [7, 11) is 0. The van der Waals surface area contributed by atoms with Crippen LogP contribution in [0.3, 0.4) is 0 Å².